The Morgan fingerprint density at radius 3 is 1.50 bits per heavy atom. The molecular weight excluding hydrogens is 248 g/mol. The third-order valence-electron chi connectivity index (χ3n) is 0. The van der Waals surface area contributed by atoms with E-state index in [4.69, 9.17) is 15.0 Å². The molecule has 0 spiro atoms. The Bertz CT molecular complexity index is 33.8. The Kier molecular flexibility index (Phi) is 14.7. The third-order valence-corrected chi connectivity index (χ3v) is 0. The van der Waals surface area contributed by atoms with Crippen LogP contribution in [0.15, 0.2) is 0 Å². The number of halogens is 1. The van der Waals surface area contributed by atoms with Crippen molar-refractivity contribution in [2.75, 3.05) is 0 Å². The van der Waals surface area contributed by atoms with Crippen LogP contribution in [0.1, 0.15) is 0 Å². The van der Waals surface area contributed by atoms with Crippen molar-refractivity contribution < 1.29 is 33.9 Å². The van der Waals surface area contributed by atoms with Gasteiger partial charge in [-0.25, -0.2) is 4.79 Å². The summed E-state index contributed by atoms with van der Waals surface area (Å²) in [6.45, 7) is 0. The summed E-state index contributed by atoms with van der Waals surface area (Å²) in [7, 11) is 0. The van der Waals surface area contributed by atoms with Crippen LogP contribution in [-0.4, -0.2) is 16.4 Å². The SMILES string of the molecule is O=C(O)O.[Br][Ag]. The molecule has 0 fully saturated rings. The molecule has 0 saturated carbocycles. The van der Waals surface area contributed by atoms with E-state index in [1.165, 1.54) is 0 Å². The number of hydrogen-bond donors (Lipinski definition) is 2. The van der Waals surface area contributed by atoms with Gasteiger partial charge in [-0.3, -0.25) is 0 Å². The Morgan fingerprint density at radius 2 is 1.50 bits per heavy atom. The molecular formula is CH2AgBrO3. The molecule has 0 saturated heterocycles. The van der Waals surface area contributed by atoms with Crippen LogP contribution in [0.4, 0.5) is 4.79 Å². The van der Waals surface area contributed by atoms with Gasteiger partial charge < -0.3 is 10.2 Å². The van der Waals surface area contributed by atoms with E-state index in [9.17, 15) is 0 Å². The van der Waals surface area contributed by atoms with Gasteiger partial charge in [0.1, 0.15) is 0 Å². The second-order valence-electron chi connectivity index (χ2n) is 0.283. The molecule has 5 heteroatoms. The van der Waals surface area contributed by atoms with E-state index in [1.807, 2.05) is 0 Å². The average Bonchev–Trinajstić information content (AvgIpc) is 1.41. The molecule has 0 aromatic heterocycles. The molecule has 0 aliphatic rings. The zero-order valence-corrected chi connectivity index (χ0v) is 5.55. The molecule has 0 atom stereocenters. The third kappa shape index (κ3) is 228. The van der Waals surface area contributed by atoms with Crippen LogP contribution < -0.4 is 0 Å². The Balaban J connectivity index is 0. The molecule has 3 nitrogen and oxygen atoms in total. The van der Waals surface area contributed by atoms with Crippen LogP contribution in [0.3, 0.4) is 0 Å². The van der Waals surface area contributed by atoms with E-state index in [0.29, 0.717) is 0 Å². The molecule has 42 valence electrons. The summed E-state index contributed by atoms with van der Waals surface area (Å²) < 4.78 is 0. The number of carbonyl (C=O) groups is 1. The standard InChI is InChI=1S/CH2O3.Ag.BrH/c2-1(3)4;;/h(H2,2,3,4);;1H/q;+1;/p-1. The van der Waals surface area contributed by atoms with E-state index >= 15 is 0 Å². The van der Waals surface area contributed by atoms with Crippen molar-refractivity contribution in [3.63, 3.8) is 0 Å². The number of carboxylic acid groups (broad SMARTS) is 2. The molecule has 0 unspecified atom stereocenters. The minimum absolute atomic E-state index is 1.83. The van der Waals surface area contributed by atoms with Crippen LogP contribution in [0.25, 0.3) is 0 Å². The summed E-state index contributed by atoms with van der Waals surface area (Å²) in [6.07, 6.45) is -1.83. The van der Waals surface area contributed by atoms with E-state index in [2.05, 4.69) is 32.0 Å². The summed E-state index contributed by atoms with van der Waals surface area (Å²) in [5, 5.41) is 13.9. The van der Waals surface area contributed by atoms with Crippen molar-refractivity contribution in [1.29, 1.82) is 0 Å². The van der Waals surface area contributed by atoms with Crippen LogP contribution in [0.2, 0.25) is 0 Å². The molecule has 0 heterocycles. The summed E-state index contributed by atoms with van der Waals surface area (Å²) >= 11 is 5.51. The van der Waals surface area contributed by atoms with Crippen LogP contribution >= 0.6 is 13.0 Å². The molecule has 0 bridgehead atoms. The maximum atomic E-state index is 8.56. The summed E-state index contributed by atoms with van der Waals surface area (Å²) in [5.74, 6) is 0. The first-order chi connectivity index (χ1) is 2.73. The Morgan fingerprint density at radius 1 is 1.50 bits per heavy atom. The quantitative estimate of drug-likeness (QED) is 0.632. The zero-order chi connectivity index (χ0) is 5.58. The van der Waals surface area contributed by atoms with E-state index < -0.39 is 6.16 Å². The monoisotopic (exact) mass is 248 g/mol. The van der Waals surface area contributed by atoms with Gasteiger partial charge in [-0.15, -0.1) is 0 Å². The first-order valence-electron chi connectivity index (χ1n) is 0.765. The van der Waals surface area contributed by atoms with E-state index in [-0.39, 0.29) is 0 Å². The molecule has 0 aromatic carbocycles. The van der Waals surface area contributed by atoms with E-state index in [1.54, 1.807) is 0 Å². The van der Waals surface area contributed by atoms with Gasteiger partial charge in [0.2, 0.25) is 0 Å². The fourth-order valence-corrected chi connectivity index (χ4v) is 0. The summed E-state index contributed by atoms with van der Waals surface area (Å²) in [6, 6.07) is 0. The Labute approximate surface area is 53.2 Å². The second-order valence-corrected chi connectivity index (χ2v) is 0.283. The normalized spacial score (nSPS) is 5.17. The zero-order valence-electron chi connectivity index (χ0n) is 2.48. The second kappa shape index (κ2) is 9.09. The van der Waals surface area contributed by atoms with Crippen molar-refractivity contribution in [1.82, 2.24) is 0 Å². The molecule has 0 amide bonds. The van der Waals surface area contributed by atoms with Gasteiger partial charge in [0.25, 0.3) is 0 Å². The average molecular weight is 250 g/mol. The Hall–Kier alpha value is 0.490. The summed E-state index contributed by atoms with van der Waals surface area (Å²) in [5.41, 5.74) is 0. The van der Waals surface area contributed by atoms with Crippen molar-refractivity contribution in [2.45, 2.75) is 0 Å². The van der Waals surface area contributed by atoms with E-state index in [0.717, 1.165) is 0 Å². The van der Waals surface area contributed by atoms with Gasteiger partial charge in [0.05, 0.1) is 0 Å². The molecule has 0 radical (unpaired) electrons. The molecule has 0 aromatic rings. The number of rotatable bonds is 0. The topological polar surface area (TPSA) is 57.5 Å². The fourth-order valence-electron chi connectivity index (χ4n) is 0. The van der Waals surface area contributed by atoms with Crippen LogP contribution in [-0.2, 0) is 18.9 Å². The predicted molar refractivity (Wildman–Crippen MR) is 19.6 cm³/mol. The molecule has 0 aliphatic heterocycles. The van der Waals surface area contributed by atoms with Gasteiger partial charge >= 0.3 is 38.1 Å². The van der Waals surface area contributed by atoms with Crippen molar-refractivity contribution in [2.24, 2.45) is 0 Å². The fraction of sp³-hybridized carbons (Fsp3) is 0. The molecule has 0 rings (SSSR count). The van der Waals surface area contributed by atoms with Crippen LogP contribution in [0, 0.1) is 0 Å². The van der Waals surface area contributed by atoms with Crippen LogP contribution in [0.5, 0.6) is 0 Å². The molecule has 2 N–H and O–H groups in total. The molecule has 6 heavy (non-hydrogen) atoms. The predicted octanol–water partition coefficient (Wildman–Crippen LogP) is 1.07. The van der Waals surface area contributed by atoms with Crippen molar-refractivity contribution >= 4 is 19.2 Å². The van der Waals surface area contributed by atoms with Gasteiger partial charge in [0, 0.05) is 0 Å². The van der Waals surface area contributed by atoms with Crippen molar-refractivity contribution in [3.05, 3.63) is 0 Å². The number of hydrogen-bond acceptors (Lipinski definition) is 1. The van der Waals surface area contributed by atoms with Gasteiger partial charge in [-0.05, 0) is 0 Å². The maximum absolute atomic E-state index is 8.56. The summed E-state index contributed by atoms with van der Waals surface area (Å²) in [4.78, 5) is 8.56. The van der Waals surface area contributed by atoms with Crippen molar-refractivity contribution in [3.8, 4) is 0 Å². The van der Waals surface area contributed by atoms with Gasteiger partial charge in [-0.1, -0.05) is 0 Å². The first kappa shape index (κ1) is 9.70. The molecule has 0 aliphatic carbocycles. The first-order valence-corrected chi connectivity index (χ1v) is 4.15. The van der Waals surface area contributed by atoms with Gasteiger partial charge in [0.15, 0.2) is 0 Å². The minimum atomic E-state index is -1.83. The van der Waals surface area contributed by atoms with Gasteiger partial charge in [-0.2, -0.15) is 0 Å².